The number of ether oxygens (including phenoxy) is 1. The van der Waals surface area contributed by atoms with E-state index < -0.39 is 0 Å². The largest absolute Gasteiger partial charge is 0.487 e. The van der Waals surface area contributed by atoms with Gasteiger partial charge in [0, 0.05) is 17.9 Å². The molecule has 0 fully saturated rings. The molecule has 0 bridgehead atoms. The maximum atomic E-state index is 5.96. The second kappa shape index (κ2) is 8.53. The number of hydrogen-bond donors (Lipinski definition) is 0. The highest BCUT2D eigenvalue weighted by atomic mass is 32.1. The van der Waals surface area contributed by atoms with Crippen molar-refractivity contribution in [3.05, 3.63) is 106 Å². The quantitative estimate of drug-likeness (QED) is 0.326. The van der Waals surface area contributed by atoms with Gasteiger partial charge in [-0.3, -0.25) is 0 Å². The Morgan fingerprint density at radius 1 is 1.00 bits per heavy atom. The first-order chi connectivity index (χ1) is 15.2. The monoisotopic (exact) mass is 425 g/mol. The second-order valence-electron chi connectivity index (χ2n) is 7.05. The molecule has 0 radical (unpaired) electrons. The van der Waals surface area contributed by atoms with Crippen LogP contribution in [0.5, 0.6) is 5.75 Å². The summed E-state index contributed by atoms with van der Waals surface area (Å²) in [6.45, 7) is 2.20. The number of benzene rings is 2. The molecule has 5 nitrogen and oxygen atoms in total. The molecule has 0 saturated carbocycles. The Morgan fingerprint density at radius 2 is 1.87 bits per heavy atom. The van der Waals surface area contributed by atoms with Gasteiger partial charge in [0.2, 0.25) is 11.8 Å². The minimum absolute atomic E-state index is 0.407. The summed E-state index contributed by atoms with van der Waals surface area (Å²) in [6, 6.07) is 22.1. The molecule has 2 aromatic carbocycles. The molecule has 152 valence electrons. The minimum atomic E-state index is 0.407. The fourth-order valence-corrected chi connectivity index (χ4v) is 3.89. The average Bonchev–Trinajstić information content (AvgIpc) is 3.48. The van der Waals surface area contributed by atoms with E-state index in [0.717, 1.165) is 39.0 Å². The number of aromatic nitrogens is 3. The van der Waals surface area contributed by atoms with E-state index in [-0.39, 0.29) is 0 Å². The Bertz CT molecular complexity index is 1340. The van der Waals surface area contributed by atoms with E-state index in [1.165, 1.54) is 0 Å². The molecule has 3 heterocycles. The molecule has 3 aromatic heterocycles. The number of thiophene rings is 1. The molecule has 0 amide bonds. The number of rotatable bonds is 6. The summed E-state index contributed by atoms with van der Waals surface area (Å²) in [7, 11) is 0. The lowest BCUT2D eigenvalue weighted by Gasteiger charge is -2.09. The Morgan fingerprint density at radius 3 is 2.65 bits per heavy atom. The van der Waals surface area contributed by atoms with Gasteiger partial charge in [-0.25, -0.2) is 4.98 Å². The van der Waals surface area contributed by atoms with Crippen molar-refractivity contribution in [3.63, 3.8) is 0 Å². The van der Waals surface area contributed by atoms with Gasteiger partial charge in [-0.15, -0.1) is 10.2 Å². The van der Waals surface area contributed by atoms with E-state index in [9.17, 15) is 0 Å². The van der Waals surface area contributed by atoms with Gasteiger partial charge in [-0.05, 0) is 58.3 Å². The summed E-state index contributed by atoms with van der Waals surface area (Å²) in [5.74, 6) is 1.81. The number of hydrogen-bond acceptors (Lipinski definition) is 6. The van der Waals surface area contributed by atoms with Gasteiger partial charge < -0.3 is 9.15 Å². The van der Waals surface area contributed by atoms with Crippen molar-refractivity contribution in [2.45, 2.75) is 13.5 Å². The van der Waals surface area contributed by atoms with E-state index in [4.69, 9.17) is 9.15 Å². The van der Waals surface area contributed by atoms with Crippen LogP contribution in [0.2, 0.25) is 0 Å². The Hall–Kier alpha value is -3.77. The lowest BCUT2D eigenvalue weighted by Crippen LogP contribution is -1.98. The highest BCUT2D eigenvalue weighted by Crippen LogP contribution is 2.28. The highest BCUT2D eigenvalue weighted by Gasteiger charge is 2.13. The molecular weight excluding hydrogens is 406 g/mol. The molecule has 0 unspecified atom stereocenters. The predicted octanol–water partition coefficient (Wildman–Crippen LogP) is 6.16. The van der Waals surface area contributed by atoms with Crippen molar-refractivity contribution in [2.24, 2.45) is 0 Å². The first kappa shape index (κ1) is 19.2. The van der Waals surface area contributed by atoms with Crippen molar-refractivity contribution >= 4 is 33.9 Å². The summed E-state index contributed by atoms with van der Waals surface area (Å²) >= 11 is 1.65. The van der Waals surface area contributed by atoms with Crippen molar-refractivity contribution in [3.8, 4) is 5.75 Å². The van der Waals surface area contributed by atoms with Gasteiger partial charge in [0.25, 0.3) is 0 Å². The number of fused-ring (bicyclic) bond motifs is 1. The Balaban J connectivity index is 1.36. The van der Waals surface area contributed by atoms with E-state index in [0.29, 0.717) is 18.4 Å². The maximum Gasteiger partial charge on any atom is 0.248 e. The first-order valence-corrected chi connectivity index (χ1v) is 10.8. The smallest absolute Gasteiger partial charge is 0.248 e. The van der Waals surface area contributed by atoms with Crippen LogP contribution in [0.1, 0.15) is 28.6 Å². The summed E-state index contributed by atoms with van der Waals surface area (Å²) in [5.41, 5.74) is 4.81. The Labute approximate surface area is 183 Å². The number of nitrogens with zero attached hydrogens (tertiary/aromatic N) is 3. The summed E-state index contributed by atoms with van der Waals surface area (Å²) in [5, 5.41) is 13.4. The first-order valence-electron chi connectivity index (χ1n) is 9.87. The SMILES string of the molecule is Cc1nnc(/C(=C/c2ccsc2)c2ccc(OCc3ccc4ccccc4n3)cc2)o1. The van der Waals surface area contributed by atoms with E-state index in [1.54, 1.807) is 18.3 Å². The van der Waals surface area contributed by atoms with E-state index >= 15 is 0 Å². The third-order valence-corrected chi connectivity index (χ3v) is 5.52. The fourth-order valence-electron chi connectivity index (χ4n) is 3.27. The van der Waals surface area contributed by atoms with Crippen LogP contribution in [0.25, 0.3) is 22.6 Å². The number of aryl methyl sites for hydroxylation is 1. The van der Waals surface area contributed by atoms with Crippen LogP contribution in [0, 0.1) is 6.92 Å². The summed E-state index contributed by atoms with van der Waals surface area (Å²) < 4.78 is 11.7. The van der Waals surface area contributed by atoms with Gasteiger partial charge in [-0.2, -0.15) is 11.3 Å². The average molecular weight is 426 g/mol. The summed E-state index contributed by atoms with van der Waals surface area (Å²) in [6.07, 6.45) is 2.05. The molecule has 0 saturated heterocycles. The van der Waals surface area contributed by atoms with Crippen molar-refractivity contribution in [2.75, 3.05) is 0 Å². The zero-order chi connectivity index (χ0) is 21.0. The zero-order valence-corrected chi connectivity index (χ0v) is 17.7. The standard InChI is InChI=1S/C25H19N3O2S/c1-17-27-28-25(30-17)23(14-18-12-13-31-16-18)19-7-10-22(11-8-19)29-15-21-9-6-20-4-2-3-5-24(20)26-21/h2-14,16H,15H2,1H3/b23-14+. The van der Waals surface area contributed by atoms with Crippen LogP contribution in [0.4, 0.5) is 0 Å². The molecule has 0 aliphatic heterocycles. The van der Waals surface area contributed by atoms with Gasteiger partial charge in [-0.1, -0.05) is 36.4 Å². The zero-order valence-electron chi connectivity index (χ0n) is 16.9. The van der Waals surface area contributed by atoms with Crippen molar-refractivity contribution in [1.29, 1.82) is 0 Å². The molecule has 6 heteroatoms. The van der Waals surface area contributed by atoms with Crippen LogP contribution >= 0.6 is 11.3 Å². The van der Waals surface area contributed by atoms with Crippen LogP contribution < -0.4 is 4.74 Å². The van der Waals surface area contributed by atoms with E-state index in [2.05, 4.69) is 44.8 Å². The molecule has 31 heavy (non-hydrogen) atoms. The lowest BCUT2D eigenvalue weighted by atomic mass is 10.0. The molecule has 0 spiro atoms. The van der Waals surface area contributed by atoms with Crippen LogP contribution in [-0.4, -0.2) is 15.2 Å². The normalized spacial score (nSPS) is 11.7. The topological polar surface area (TPSA) is 61.0 Å². The van der Waals surface area contributed by atoms with Crippen molar-refractivity contribution < 1.29 is 9.15 Å². The van der Waals surface area contributed by atoms with Gasteiger partial charge in [0.1, 0.15) is 12.4 Å². The lowest BCUT2D eigenvalue weighted by molar-refractivity contribution is 0.302. The number of pyridine rings is 1. The molecule has 0 aliphatic carbocycles. The van der Waals surface area contributed by atoms with Gasteiger partial charge >= 0.3 is 0 Å². The number of para-hydroxylation sites is 1. The molecule has 5 aromatic rings. The predicted molar refractivity (Wildman–Crippen MR) is 123 cm³/mol. The molecule has 0 N–H and O–H groups in total. The highest BCUT2D eigenvalue weighted by molar-refractivity contribution is 7.08. The van der Waals surface area contributed by atoms with E-state index in [1.807, 2.05) is 53.9 Å². The van der Waals surface area contributed by atoms with Crippen LogP contribution in [-0.2, 0) is 6.61 Å². The Kier molecular flexibility index (Phi) is 5.29. The summed E-state index contributed by atoms with van der Waals surface area (Å²) in [4.78, 5) is 4.66. The second-order valence-corrected chi connectivity index (χ2v) is 7.83. The van der Waals surface area contributed by atoms with Crippen LogP contribution in [0.15, 0.2) is 81.9 Å². The third kappa shape index (κ3) is 4.39. The van der Waals surface area contributed by atoms with Gasteiger partial charge in [0.15, 0.2) is 0 Å². The minimum Gasteiger partial charge on any atom is -0.487 e. The molecule has 0 aliphatic rings. The maximum absolute atomic E-state index is 5.96. The molecule has 0 atom stereocenters. The third-order valence-electron chi connectivity index (χ3n) is 4.82. The van der Waals surface area contributed by atoms with Crippen LogP contribution in [0.3, 0.4) is 0 Å². The van der Waals surface area contributed by atoms with Crippen molar-refractivity contribution in [1.82, 2.24) is 15.2 Å². The fraction of sp³-hybridized carbons (Fsp3) is 0.0800. The molecule has 5 rings (SSSR count). The molecular formula is C25H19N3O2S. The van der Waals surface area contributed by atoms with Gasteiger partial charge in [0.05, 0.1) is 11.2 Å².